The minimum absolute atomic E-state index is 0.00768. The van der Waals surface area contributed by atoms with Gasteiger partial charge in [-0.05, 0) is 54.8 Å². The Labute approximate surface area is 225 Å². The molecule has 38 heavy (non-hydrogen) atoms. The average molecular weight is 556 g/mol. The van der Waals surface area contributed by atoms with E-state index >= 15 is 0 Å². The Kier molecular flexibility index (Phi) is 8.60. The van der Waals surface area contributed by atoms with Crippen LogP contribution in [0.1, 0.15) is 47.3 Å². The summed E-state index contributed by atoms with van der Waals surface area (Å²) < 4.78 is 24.9. The highest BCUT2D eigenvalue weighted by Crippen LogP contribution is 2.47. The number of hydrogen-bond acceptors (Lipinski definition) is 7. The van der Waals surface area contributed by atoms with Crippen molar-refractivity contribution in [2.24, 2.45) is 0 Å². The summed E-state index contributed by atoms with van der Waals surface area (Å²) in [5, 5.41) is 14.6. The van der Waals surface area contributed by atoms with Crippen LogP contribution in [0.5, 0.6) is 0 Å². The summed E-state index contributed by atoms with van der Waals surface area (Å²) in [6.45, 7) is 0.186. The smallest absolute Gasteiger partial charge is 0.251 e. The van der Waals surface area contributed by atoms with Gasteiger partial charge in [-0.15, -0.1) is 11.3 Å². The van der Waals surface area contributed by atoms with E-state index in [-0.39, 0.29) is 37.0 Å². The summed E-state index contributed by atoms with van der Waals surface area (Å²) >= 11 is 1.29. The van der Waals surface area contributed by atoms with Gasteiger partial charge in [0.1, 0.15) is 4.75 Å². The summed E-state index contributed by atoms with van der Waals surface area (Å²) in [6.07, 6.45) is 1.26. The van der Waals surface area contributed by atoms with Crippen LogP contribution in [-0.2, 0) is 24.2 Å². The Morgan fingerprint density at radius 1 is 0.947 bits per heavy atom. The molecule has 9 nitrogen and oxygen atoms in total. The summed E-state index contributed by atoms with van der Waals surface area (Å²) in [6, 6.07) is 19.5. The van der Waals surface area contributed by atoms with Crippen molar-refractivity contribution >= 4 is 44.6 Å². The lowest BCUT2D eigenvalue weighted by Crippen LogP contribution is -2.43. The van der Waals surface area contributed by atoms with E-state index < -0.39 is 20.5 Å². The maximum atomic E-state index is 13.2. The predicted octanol–water partition coefficient (Wildman–Crippen LogP) is 3.86. The van der Waals surface area contributed by atoms with E-state index in [1.165, 1.54) is 11.3 Å². The first kappa shape index (κ1) is 27.5. The normalized spacial score (nSPS) is 18.3. The van der Waals surface area contributed by atoms with Gasteiger partial charge >= 0.3 is 0 Å². The number of thiophene rings is 1. The van der Waals surface area contributed by atoms with Gasteiger partial charge in [-0.2, -0.15) is 0 Å². The monoisotopic (exact) mass is 555 g/mol. The van der Waals surface area contributed by atoms with Gasteiger partial charge in [0.2, 0.25) is 11.8 Å². The second kappa shape index (κ2) is 11.9. The number of sulfone groups is 1. The number of rotatable bonds is 9. The maximum Gasteiger partial charge on any atom is 0.251 e. The number of hydroxylamine groups is 1. The Bertz CT molecular complexity index is 1420. The van der Waals surface area contributed by atoms with Gasteiger partial charge in [0.05, 0.1) is 12.2 Å². The van der Waals surface area contributed by atoms with Gasteiger partial charge in [-0.3, -0.25) is 19.6 Å². The largest absolute Gasteiger partial charge is 0.352 e. The van der Waals surface area contributed by atoms with Crippen LogP contribution in [0.25, 0.3) is 10.4 Å². The van der Waals surface area contributed by atoms with Crippen LogP contribution in [-0.4, -0.2) is 43.6 Å². The first-order valence-electron chi connectivity index (χ1n) is 12.2. The van der Waals surface area contributed by atoms with Crippen LogP contribution in [0.2, 0.25) is 0 Å². The number of benzene rings is 2. The second-order valence-corrected chi connectivity index (χ2v) is 12.6. The van der Waals surface area contributed by atoms with E-state index in [2.05, 4.69) is 10.6 Å². The zero-order valence-corrected chi connectivity index (χ0v) is 22.2. The quantitative estimate of drug-likeness (QED) is 0.233. The molecule has 200 valence electrons. The fraction of sp³-hybridized carbons (Fsp3) is 0.296. The van der Waals surface area contributed by atoms with Crippen molar-refractivity contribution in [3.63, 3.8) is 0 Å². The van der Waals surface area contributed by atoms with Crippen LogP contribution in [0, 0.1) is 0 Å². The van der Waals surface area contributed by atoms with Crippen LogP contribution in [0.15, 0.2) is 66.7 Å². The molecule has 3 aromatic rings. The SMILES string of the molecule is O=C(C[C@]1(c2ccc(-c3cccc(NC(=O)CCNC(=O)c4ccccc4)c3)s2)CCCCS1(=O)=O)NO. The fourth-order valence-corrected chi connectivity index (χ4v) is 8.38. The van der Waals surface area contributed by atoms with Crippen molar-refractivity contribution in [2.45, 2.75) is 36.9 Å². The van der Waals surface area contributed by atoms with Gasteiger partial charge in [0, 0.05) is 34.0 Å². The molecule has 0 saturated carbocycles. The third kappa shape index (κ3) is 6.12. The molecule has 0 unspecified atom stereocenters. The number of carbonyl (C=O) groups excluding carboxylic acids is 3. The van der Waals surface area contributed by atoms with E-state index in [4.69, 9.17) is 5.21 Å². The standard InChI is InChI=1S/C27H29N3O6S2/c31-24(13-15-28-26(33)19-7-2-1-3-8-19)29-21-10-6-9-20(17-21)22-11-12-23(37-22)27(18-25(32)30-34)14-4-5-16-38(27,35)36/h1-3,6-12,17,34H,4-5,13-16,18H2,(H,28,33)(H,29,31)(H,30,32)/t27-/m0/s1. The zero-order valence-electron chi connectivity index (χ0n) is 20.6. The third-order valence-electron chi connectivity index (χ3n) is 6.57. The zero-order chi connectivity index (χ0) is 27.2. The van der Waals surface area contributed by atoms with Gasteiger partial charge in [-0.1, -0.05) is 36.8 Å². The summed E-state index contributed by atoms with van der Waals surface area (Å²) in [5.41, 5.74) is 3.45. The Hall–Kier alpha value is -3.54. The van der Waals surface area contributed by atoms with Crippen molar-refractivity contribution in [1.29, 1.82) is 0 Å². The van der Waals surface area contributed by atoms with Crippen LogP contribution < -0.4 is 16.1 Å². The number of amides is 3. The molecule has 1 saturated heterocycles. The van der Waals surface area contributed by atoms with Gasteiger partial charge in [-0.25, -0.2) is 13.9 Å². The topological polar surface area (TPSA) is 142 Å². The summed E-state index contributed by atoms with van der Waals surface area (Å²) in [7, 11) is -3.62. The lowest BCUT2D eigenvalue weighted by molar-refractivity contribution is -0.130. The molecule has 2 aromatic carbocycles. The minimum Gasteiger partial charge on any atom is -0.352 e. The summed E-state index contributed by atoms with van der Waals surface area (Å²) in [4.78, 5) is 38.0. The van der Waals surface area contributed by atoms with E-state index in [0.29, 0.717) is 35.4 Å². The molecule has 0 spiro atoms. The first-order valence-corrected chi connectivity index (χ1v) is 14.7. The molecule has 1 aromatic heterocycles. The minimum atomic E-state index is -3.62. The van der Waals surface area contributed by atoms with Crippen molar-refractivity contribution in [1.82, 2.24) is 10.8 Å². The molecule has 0 bridgehead atoms. The molecule has 3 amide bonds. The Morgan fingerprint density at radius 2 is 1.74 bits per heavy atom. The van der Waals surface area contributed by atoms with E-state index in [1.54, 1.807) is 54.0 Å². The predicted molar refractivity (Wildman–Crippen MR) is 146 cm³/mol. The Balaban J connectivity index is 1.44. The van der Waals surface area contributed by atoms with Crippen LogP contribution in [0.4, 0.5) is 5.69 Å². The van der Waals surface area contributed by atoms with Crippen molar-refractivity contribution in [3.05, 3.63) is 77.2 Å². The average Bonchev–Trinajstić information content (AvgIpc) is 3.41. The molecular formula is C27H29N3O6S2. The molecular weight excluding hydrogens is 526 g/mol. The first-order chi connectivity index (χ1) is 18.2. The van der Waals surface area contributed by atoms with Gasteiger partial charge in [0.25, 0.3) is 5.91 Å². The molecule has 4 rings (SSSR count). The molecule has 1 atom stereocenters. The van der Waals surface area contributed by atoms with Crippen LogP contribution in [0.3, 0.4) is 0 Å². The van der Waals surface area contributed by atoms with E-state index in [1.807, 2.05) is 18.2 Å². The lowest BCUT2D eigenvalue weighted by atomic mass is 9.94. The Morgan fingerprint density at radius 3 is 2.47 bits per heavy atom. The van der Waals surface area contributed by atoms with E-state index in [0.717, 1.165) is 10.4 Å². The lowest BCUT2D eigenvalue weighted by Gasteiger charge is -2.35. The van der Waals surface area contributed by atoms with Gasteiger partial charge < -0.3 is 10.6 Å². The molecule has 2 heterocycles. The molecule has 1 fully saturated rings. The molecule has 0 radical (unpaired) electrons. The second-order valence-electron chi connectivity index (χ2n) is 9.15. The molecule has 1 aliphatic heterocycles. The molecule has 11 heteroatoms. The number of hydrogen-bond donors (Lipinski definition) is 4. The van der Waals surface area contributed by atoms with Crippen molar-refractivity contribution < 1.29 is 28.0 Å². The third-order valence-corrected chi connectivity index (χ3v) is 10.6. The fourth-order valence-electron chi connectivity index (χ4n) is 4.61. The summed E-state index contributed by atoms with van der Waals surface area (Å²) in [5.74, 6) is -1.26. The molecule has 0 aliphatic carbocycles. The molecule has 4 N–H and O–H groups in total. The maximum absolute atomic E-state index is 13.2. The highest BCUT2D eigenvalue weighted by molar-refractivity contribution is 7.92. The van der Waals surface area contributed by atoms with E-state index in [9.17, 15) is 22.8 Å². The van der Waals surface area contributed by atoms with Crippen LogP contribution >= 0.6 is 11.3 Å². The van der Waals surface area contributed by atoms with Crippen molar-refractivity contribution in [2.75, 3.05) is 17.6 Å². The number of anilines is 1. The highest BCUT2D eigenvalue weighted by atomic mass is 32.2. The van der Waals surface area contributed by atoms with Gasteiger partial charge in [0.15, 0.2) is 9.84 Å². The van der Waals surface area contributed by atoms with Crippen molar-refractivity contribution in [3.8, 4) is 10.4 Å². The highest BCUT2D eigenvalue weighted by Gasteiger charge is 2.49. The number of nitrogens with one attached hydrogen (secondary N) is 3. The molecule has 1 aliphatic rings. The number of carbonyl (C=O) groups is 3.